The number of anilines is 1. The molecule has 1 aromatic heterocycles. The second-order valence-electron chi connectivity index (χ2n) is 5.34. The first-order chi connectivity index (χ1) is 10.6. The summed E-state index contributed by atoms with van der Waals surface area (Å²) in [7, 11) is 0. The largest absolute Gasteiger partial charge is 0.478 e. The van der Waals surface area contributed by atoms with Gasteiger partial charge in [0.2, 0.25) is 0 Å². The predicted molar refractivity (Wildman–Crippen MR) is 82.9 cm³/mol. The number of hydrogen-bond donors (Lipinski definition) is 1. The van der Waals surface area contributed by atoms with Gasteiger partial charge in [0.05, 0.1) is 11.3 Å². The normalized spacial score (nSPS) is 14.8. The van der Waals surface area contributed by atoms with Crippen molar-refractivity contribution >= 4 is 11.8 Å². The van der Waals surface area contributed by atoms with Crippen LogP contribution in [-0.2, 0) is 0 Å². The number of carboxylic acids is 1. The smallest absolute Gasteiger partial charge is 0.335 e. The number of piperidine rings is 1. The lowest BCUT2D eigenvalue weighted by Gasteiger charge is -2.27. The summed E-state index contributed by atoms with van der Waals surface area (Å²) in [6.07, 6.45) is 3.50. The van der Waals surface area contributed by atoms with Crippen molar-refractivity contribution in [3.05, 3.63) is 52.3 Å². The molecule has 1 fully saturated rings. The second kappa shape index (κ2) is 6.01. The minimum absolute atomic E-state index is 0.184. The first kappa shape index (κ1) is 14.3. The first-order valence-corrected chi connectivity index (χ1v) is 7.34. The average molecular weight is 299 g/mol. The number of rotatable bonds is 3. The SMILES string of the molecule is O=C(O)c1ccc(-n2nc(N3CCCCC3)ccc2=O)cc1. The second-order valence-corrected chi connectivity index (χ2v) is 5.34. The summed E-state index contributed by atoms with van der Waals surface area (Å²) in [5.41, 5.74) is 0.515. The molecule has 1 aromatic carbocycles. The molecule has 0 unspecified atom stereocenters. The van der Waals surface area contributed by atoms with Gasteiger partial charge in [0.15, 0.2) is 0 Å². The van der Waals surface area contributed by atoms with Crippen LogP contribution < -0.4 is 10.5 Å². The highest BCUT2D eigenvalue weighted by Crippen LogP contribution is 2.17. The monoisotopic (exact) mass is 299 g/mol. The van der Waals surface area contributed by atoms with Gasteiger partial charge in [-0.3, -0.25) is 4.79 Å². The van der Waals surface area contributed by atoms with Crippen molar-refractivity contribution in [2.45, 2.75) is 19.3 Å². The Kier molecular flexibility index (Phi) is 3.91. The van der Waals surface area contributed by atoms with Crippen LogP contribution in [0.2, 0.25) is 0 Å². The van der Waals surface area contributed by atoms with E-state index in [9.17, 15) is 9.59 Å². The van der Waals surface area contributed by atoms with Crippen molar-refractivity contribution in [3.63, 3.8) is 0 Å². The van der Waals surface area contributed by atoms with E-state index in [1.165, 1.54) is 29.3 Å². The molecule has 6 heteroatoms. The summed E-state index contributed by atoms with van der Waals surface area (Å²) in [4.78, 5) is 25.1. The number of hydrogen-bond acceptors (Lipinski definition) is 4. The lowest BCUT2D eigenvalue weighted by Crippen LogP contribution is -2.32. The maximum absolute atomic E-state index is 12.0. The van der Waals surface area contributed by atoms with Gasteiger partial charge in [0, 0.05) is 19.2 Å². The van der Waals surface area contributed by atoms with Crippen LogP contribution in [0.4, 0.5) is 5.82 Å². The Morgan fingerprint density at radius 3 is 2.32 bits per heavy atom. The lowest BCUT2D eigenvalue weighted by molar-refractivity contribution is 0.0697. The van der Waals surface area contributed by atoms with Crippen molar-refractivity contribution in [1.29, 1.82) is 0 Å². The molecule has 22 heavy (non-hydrogen) atoms. The van der Waals surface area contributed by atoms with E-state index in [1.54, 1.807) is 18.2 Å². The third-order valence-corrected chi connectivity index (χ3v) is 3.83. The summed E-state index contributed by atoms with van der Waals surface area (Å²) < 4.78 is 1.32. The molecule has 1 saturated heterocycles. The molecule has 114 valence electrons. The van der Waals surface area contributed by atoms with E-state index in [2.05, 4.69) is 10.00 Å². The van der Waals surface area contributed by atoms with E-state index < -0.39 is 5.97 Å². The van der Waals surface area contributed by atoms with Crippen LogP contribution in [0.1, 0.15) is 29.6 Å². The number of aromatic carboxylic acids is 1. The van der Waals surface area contributed by atoms with Crippen molar-refractivity contribution < 1.29 is 9.90 Å². The van der Waals surface area contributed by atoms with Gasteiger partial charge in [0.25, 0.3) is 5.56 Å². The molecule has 2 aromatic rings. The average Bonchev–Trinajstić information content (AvgIpc) is 2.56. The fourth-order valence-corrected chi connectivity index (χ4v) is 2.62. The minimum atomic E-state index is -0.992. The molecule has 1 aliphatic rings. The molecule has 0 saturated carbocycles. The fourth-order valence-electron chi connectivity index (χ4n) is 2.62. The standard InChI is InChI=1S/C16H17N3O3/c20-15-9-8-14(18-10-2-1-3-11-18)17-19(15)13-6-4-12(5-7-13)16(21)22/h4-9H,1-3,10-11H2,(H,21,22). The van der Waals surface area contributed by atoms with Crippen LogP contribution in [0.3, 0.4) is 0 Å². The van der Waals surface area contributed by atoms with Crippen LogP contribution in [0.15, 0.2) is 41.2 Å². The number of aromatic nitrogens is 2. The molecule has 3 rings (SSSR count). The van der Waals surface area contributed by atoms with Crippen molar-refractivity contribution in [2.24, 2.45) is 0 Å². The molecule has 0 spiro atoms. The van der Waals surface area contributed by atoms with E-state index in [0.29, 0.717) is 5.69 Å². The Morgan fingerprint density at radius 1 is 1.00 bits per heavy atom. The van der Waals surface area contributed by atoms with Crippen molar-refractivity contribution in [1.82, 2.24) is 9.78 Å². The number of benzene rings is 1. The van der Waals surface area contributed by atoms with Crippen molar-refractivity contribution in [2.75, 3.05) is 18.0 Å². The Hall–Kier alpha value is -2.63. The lowest BCUT2D eigenvalue weighted by atomic mass is 10.1. The molecule has 0 atom stereocenters. The van der Waals surface area contributed by atoms with Crippen LogP contribution >= 0.6 is 0 Å². The summed E-state index contributed by atoms with van der Waals surface area (Å²) >= 11 is 0. The molecule has 1 N–H and O–H groups in total. The Bertz CT molecular complexity index is 731. The number of carbonyl (C=O) groups is 1. The van der Waals surface area contributed by atoms with Gasteiger partial charge in [-0.2, -0.15) is 4.68 Å². The molecular formula is C16H17N3O3. The summed E-state index contributed by atoms with van der Waals surface area (Å²) in [6.45, 7) is 1.90. The molecule has 2 heterocycles. The molecular weight excluding hydrogens is 282 g/mol. The third kappa shape index (κ3) is 2.86. The first-order valence-electron chi connectivity index (χ1n) is 7.34. The topological polar surface area (TPSA) is 75.4 Å². The van der Waals surface area contributed by atoms with E-state index in [-0.39, 0.29) is 11.1 Å². The molecule has 6 nitrogen and oxygen atoms in total. The number of carboxylic acid groups (broad SMARTS) is 1. The van der Waals surface area contributed by atoms with Crippen LogP contribution in [0, 0.1) is 0 Å². The van der Waals surface area contributed by atoms with Gasteiger partial charge in [-0.05, 0) is 49.6 Å². The van der Waals surface area contributed by atoms with Gasteiger partial charge >= 0.3 is 5.97 Å². The summed E-state index contributed by atoms with van der Waals surface area (Å²) in [6, 6.07) is 9.38. The van der Waals surface area contributed by atoms with Crippen LogP contribution in [-0.4, -0.2) is 33.9 Å². The molecule has 0 aliphatic carbocycles. The highest BCUT2D eigenvalue weighted by Gasteiger charge is 2.14. The maximum atomic E-state index is 12.0. The highest BCUT2D eigenvalue weighted by molar-refractivity contribution is 5.87. The molecule has 1 aliphatic heterocycles. The zero-order valence-corrected chi connectivity index (χ0v) is 12.1. The van der Waals surface area contributed by atoms with Crippen LogP contribution in [0.5, 0.6) is 0 Å². The fraction of sp³-hybridized carbons (Fsp3) is 0.312. The quantitative estimate of drug-likeness (QED) is 0.937. The third-order valence-electron chi connectivity index (χ3n) is 3.83. The van der Waals surface area contributed by atoms with E-state index >= 15 is 0 Å². The molecule has 0 radical (unpaired) electrons. The molecule has 0 bridgehead atoms. The Balaban J connectivity index is 1.95. The van der Waals surface area contributed by atoms with Gasteiger partial charge in [-0.1, -0.05) is 0 Å². The molecule has 0 amide bonds. The van der Waals surface area contributed by atoms with Gasteiger partial charge < -0.3 is 10.0 Å². The van der Waals surface area contributed by atoms with E-state index in [1.807, 2.05) is 0 Å². The summed E-state index contributed by atoms with van der Waals surface area (Å²) in [5, 5.41) is 13.3. The van der Waals surface area contributed by atoms with Gasteiger partial charge in [-0.15, -0.1) is 5.10 Å². The van der Waals surface area contributed by atoms with E-state index in [4.69, 9.17) is 5.11 Å². The Labute approximate surface area is 127 Å². The maximum Gasteiger partial charge on any atom is 0.335 e. The van der Waals surface area contributed by atoms with E-state index in [0.717, 1.165) is 31.7 Å². The highest BCUT2D eigenvalue weighted by atomic mass is 16.4. The number of nitrogens with zero attached hydrogens (tertiary/aromatic N) is 3. The summed E-state index contributed by atoms with van der Waals surface area (Å²) in [5.74, 6) is -0.212. The van der Waals surface area contributed by atoms with Crippen molar-refractivity contribution in [3.8, 4) is 5.69 Å². The van der Waals surface area contributed by atoms with Crippen LogP contribution in [0.25, 0.3) is 5.69 Å². The van der Waals surface area contributed by atoms with Gasteiger partial charge in [0.1, 0.15) is 5.82 Å². The Morgan fingerprint density at radius 2 is 1.68 bits per heavy atom. The van der Waals surface area contributed by atoms with Gasteiger partial charge in [-0.25, -0.2) is 4.79 Å². The predicted octanol–water partition coefficient (Wildman–Crippen LogP) is 1.92. The zero-order valence-electron chi connectivity index (χ0n) is 12.1. The minimum Gasteiger partial charge on any atom is -0.478 e. The zero-order chi connectivity index (χ0) is 15.5.